The van der Waals surface area contributed by atoms with Gasteiger partial charge in [0, 0.05) is 22.2 Å². The topological polar surface area (TPSA) is 82.7 Å². The number of hydrogen-bond donors (Lipinski definition) is 2. The molecule has 3 N–H and O–H groups in total. The largest absolute Gasteiger partial charge is 0.365 e. The molecule has 2 aromatic rings. The molecule has 0 aliphatic carbocycles. The number of nitrogens with zero attached hydrogens (tertiary/aromatic N) is 1. The Morgan fingerprint density at radius 2 is 2.18 bits per heavy atom. The quantitative estimate of drug-likeness (QED) is 0.604. The van der Waals surface area contributed by atoms with Crippen molar-refractivity contribution in [2.24, 2.45) is 5.73 Å². The minimum absolute atomic E-state index is 0.0437. The average Bonchev–Trinajstić information content (AvgIpc) is 2.61. The fourth-order valence-electron chi connectivity index (χ4n) is 1.79. The number of carbonyl (C=O) groups excluding carboxylic acids is 1. The fourth-order valence-corrected chi connectivity index (χ4v) is 1.79. The summed E-state index contributed by atoms with van der Waals surface area (Å²) in [5.74, 6) is -0.711. The second kappa shape index (κ2) is 4.14. The van der Waals surface area contributed by atoms with Crippen LogP contribution < -0.4 is 5.73 Å². The molecule has 4 heteroatoms. The summed E-state index contributed by atoms with van der Waals surface area (Å²) in [4.78, 5) is 14.2. The van der Waals surface area contributed by atoms with Gasteiger partial charge < -0.3 is 10.7 Å². The van der Waals surface area contributed by atoms with Crippen molar-refractivity contribution in [1.82, 2.24) is 4.98 Å². The number of aromatic nitrogens is 1. The van der Waals surface area contributed by atoms with Gasteiger partial charge in [-0.1, -0.05) is 18.2 Å². The van der Waals surface area contributed by atoms with E-state index in [9.17, 15) is 4.79 Å². The number of primary amides is 1. The summed E-state index contributed by atoms with van der Waals surface area (Å²) in [6.45, 7) is 1.89. The molecule has 1 amide bonds. The fraction of sp³-hybridized carbons (Fsp3) is 0.0769. The number of rotatable bonds is 2. The van der Waals surface area contributed by atoms with E-state index in [0.717, 1.165) is 22.2 Å². The van der Waals surface area contributed by atoms with Gasteiger partial charge in [-0.15, -0.1) is 0 Å². The van der Waals surface area contributed by atoms with Crippen molar-refractivity contribution in [2.75, 3.05) is 0 Å². The number of hydrogen-bond acceptors (Lipinski definition) is 2. The van der Waals surface area contributed by atoms with Gasteiger partial charge in [-0.2, -0.15) is 5.26 Å². The van der Waals surface area contributed by atoms with E-state index in [2.05, 4.69) is 4.98 Å². The Bertz CT molecular complexity index is 659. The summed E-state index contributed by atoms with van der Waals surface area (Å²) in [7, 11) is 0. The minimum atomic E-state index is -0.711. The van der Waals surface area contributed by atoms with Crippen LogP contribution in [0.25, 0.3) is 17.0 Å². The lowest BCUT2D eigenvalue weighted by Gasteiger charge is -1.95. The van der Waals surface area contributed by atoms with E-state index in [1.165, 1.54) is 6.08 Å². The van der Waals surface area contributed by atoms with Gasteiger partial charge in [0.2, 0.25) is 0 Å². The number of nitrogens with two attached hydrogens (primary N) is 1. The Morgan fingerprint density at radius 1 is 1.47 bits per heavy atom. The van der Waals surface area contributed by atoms with Gasteiger partial charge in [0.05, 0.1) is 0 Å². The SMILES string of the molecule is Cc1[nH]c2ccccc2c1/C=C(\C#N)C(N)=O. The first-order valence-corrected chi connectivity index (χ1v) is 5.12. The Kier molecular flexibility index (Phi) is 2.67. The normalized spacial score (nSPS) is 11.4. The number of aryl methyl sites for hydroxylation is 1. The lowest BCUT2D eigenvalue weighted by atomic mass is 10.1. The predicted octanol–water partition coefficient (Wildman–Crippen LogP) is 1.87. The first-order chi connectivity index (χ1) is 8.13. The van der Waals surface area contributed by atoms with Crippen LogP contribution in [0.15, 0.2) is 29.8 Å². The highest BCUT2D eigenvalue weighted by atomic mass is 16.1. The van der Waals surface area contributed by atoms with Crippen LogP contribution in [0.4, 0.5) is 0 Å². The molecule has 1 aromatic heterocycles. The zero-order chi connectivity index (χ0) is 12.4. The van der Waals surface area contributed by atoms with E-state index in [-0.39, 0.29) is 5.57 Å². The third kappa shape index (κ3) is 1.91. The molecule has 0 atom stereocenters. The summed E-state index contributed by atoms with van der Waals surface area (Å²) in [5.41, 5.74) is 7.78. The Labute approximate surface area is 98.4 Å². The zero-order valence-electron chi connectivity index (χ0n) is 9.32. The van der Waals surface area contributed by atoms with Crippen molar-refractivity contribution < 1.29 is 4.79 Å². The molecule has 84 valence electrons. The molecule has 1 heterocycles. The monoisotopic (exact) mass is 225 g/mol. The number of H-pyrrole nitrogens is 1. The molecule has 1 aromatic carbocycles. The van der Waals surface area contributed by atoms with Gasteiger partial charge in [-0.05, 0) is 19.1 Å². The van der Waals surface area contributed by atoms with Gasteiger partial charge in [-0.25, -0.2) is 0 Å². The average molecular weight is 225 g/mol. The van der Waals surface area contributed by atoms with Crippen molar-refractivity contribution in [3.05, 3.63) is 41.1 Å². The van der Waals surface area contributed by atoms with Crippen molar-refractivity contribution in [3.8, 4) is 6.07 Å². The van der Waals surface area contributed by atoms with Gasteiger partial charge >= 0.3 is 0 Å². The summed E-state index contributed by atoms with van der Waals surface area (Å²) < 4.78 is 0. The van der Waals surface area contributed by atoms with Crippen LogP contribution in [0.1, 0.15) is 11.3 Å². The molecular formula is C13H11N3O. The number of aromatic amines is 1. The molecule has 4 nitrogen and oxygen atoms in total. The van der Waals surface area contributed by atoms with Crippen LogP contribution in [0, 0.1) is 18.3 Å². The highest BCUT2D eigenvalue weighted by Gasteiger charge is 2.09. The number of para-hydroxylation sites is 1. The molecule has 0 unspecified atom stereocenters. The molecule has 0 aliphatic heterocycles. The number of nitriles is 1. The molecule has 0 bridgehead atoms. The molecule has 17 heavy (non-hydrogen) atoms. The Morgan fingerprint density at radius 3 is 2.82 bits per heavy atom. The van der Waals surface area contributed by atoms with E-state index in [0.29, 0.717) is 0 Å². The van der Waals surface area contributed by atoms with Gasteiger partial charge in [-0.3, -0.25) is 4.79 Å². The molecule has 0 spiro atoms. The first kappa shape index (κ1) is 11.0. The van der Waals surface area contributed by atoms with E-state index in [1.54, 1.807) is 6.07 Å². The van der Waals surface area contributed by atoms with Crippen LogP contribution >= 0.6 is 0 Å². The number of fused-ring (bicyclic) bond motifs is 1. The summed E-state index contributed by atoms with van der Waals surface area (Å²) in [5, 5.41) is 9.80. The third-order valence-corrected chi connectivity index (χ3v) is 2.62. The summed E-state index contributed by atoms with van der Waals surface area (Å²) in [6.07, 6.45) is 1.52. The van der Waals surface area contributed by atoms with Gasteiger partial charge in [0.15, 0.2) is 0 Å². The van der Waals surface area contributed by atoms with Crippen molar-refractivity contribution in [3.63, 3.8) is 0 Å². The summed E-state index contributed by atoms with van der Waals surface area (Å²) in [6, 6.07) is 9.50. The van der Waals surface area contributed by atoms with Gasteiger partial charge in [0.25, 0.3) is 5.91 Å². The van der Waals surface area contributed by atoms with E-state index < -0.39 is 5.91 Å². The lowest BCUT2D eigenvalue weighted by Crippen LogP contribution is -2.12. The van der Waals surface area contributed by atoms with Crippen LogP contribution in [-0.4, -0.2) is 10.9 Å². The van der Waals surface area contributed by atoms with Gasteiger partial charge in [0.1, 0.15) is 11.6 Å². The molecule has 0 radical (unpaired) electrons. The molecule has 0 fully saturated rings. The second-order valence-corrected chi connectivity index (χ2v) is 3.74. The molecule has 0 saturated heterocycles. The van der Waals surface area contributed by atoms with Crippen LogP contribution in [-0.2, 0) is 4.79 Å². The molecular weight excluding hydrogens is 214 g/mol. The van der Waals surface area contributed by atoms with Crippen LogP contribution in [0.2, 0.25) is 0 Å². The number of nitrogens with one attached hydrogen (secondary N) is 1. The Balaban J connectivity index is 2.68. The highest BCUT2D eigenvalue weighted by Crippen LogP contribution is 2.23. The Hall–Kier alpha value is -2.54. The molecule has 0 aliphatic rings. The van der Waals surface area contributed by atoms with Crippen LogP contribution in [0.5, 0.6) is 0 Å². The molecule has 0 saturated carbocycles. The minimum Gasteiger partial charge on any atom is -0.365 e. The highest BCUT2D eigenvalue weighted by molar-refractivity contribution is 6.03. The number of carbonyl (C=O) groups is 1. The maximum absolute atomic E-state index is 11.0. The summed E-state index contributed by atoms with van der Waals surface area (Å²) >= 11 is 0. The van der Waals surface area contributed by atoms with Crippen molar-refractivity contribution >= 4 is 22.9 Å². The van der Waals surface area contributed by atoms with E-state index >= 15 is 0 Å². The first-order valence-electron chi connectivity index (χ1n) is 5.12. The smallest absolute Gasteiger partial charge is 0.259 e. The number of benzene rings is 1. The molecule has 2 rings (SSSR count). The van der Waals surface area contributed by atoms with E-state index in [4.69, 9.17) is 11.0 Å². The van der Waals surface area contributed by atoms with Crippen molar-refractivity contribution in [1.29, 1.82) is 5.26 Å². The predicted molar refractivity (Wildman–Crippen MR) is 65.8 cm³/mol. The lowest BCUT2D eigenvalue weighted by molar-refractivity contribution is -0.114. The van der Waals surface area contributed by atoms with Crippen LogP contribution in [0.3, 0.4) is 0 Å². The third-order valence-electron chi connectivity index (χ3n) is 2.62. The maximum Gasteiger partial charge on any atom is 0.259 e. The van der Waals surface area contributed by atoms with E-state index in [1.807, 2.05) is 31.2 Å². The standard InChI is InChI=1S/C13H11N3O/c1-8-11(6-9(7-14)13(15)17)10-4-2-3-5-12(10)16-8/h2-6,16H,1H3,(H2,15,17)/b9-6+. The zero-order valence-corrected chi connectivity index (χ0v) is 9.32. The second-order valence-electron chi connectivity index (χ2n) is 3.74. The number of amides is 1. The maximum atomic E-state index is 11.0. The van der Waals surface area contributed by atoms with Crippen molar-refractivity contribution in [2.45, 2.75) is 6.92 Å².